The summed E-state index contributed by atoms with van der Waals surface area (Å²) >= 11 is 0. The number of hydrogen-bond donors (Lipinski definition) is 1. The van der Waals surface area contributed by atoms with Gasteiger partial charge in [0.25, 0.3) is 5.91 Å². The van der Waals surface area contributed by atoms with E-state index in [1.54, 1.807) is 18.7 Å². The molecule has 0 bridgehead atoms. The van der Waals surface area contributed by atoms with Gasteiger partial charge >= 0.3 is 5.97 Å². The van der Waals surface area contributed by atoms with Crippen molar-refractivity contribution in [1.29, 1.82) is 0 Å². The van der Waals surface area contributed by atoms with Crippen LogP contribution in [0.25, 0.3) is 0 Å². The quantitative estimate of drug-likeness (QED) is 0.779. The Morgan fingerprint density at radius 1 is 1.42 bits per heavy atom. The number of carbonyl (C=O) groups is 2. The Morgan fingerprint density at radius 3 is 2.58 bits per heavy atom. The van der Waals surface area contributed by atoms with Crippen LogP contribution >= 0.6 is 0 Å². The molecule has 1 aliphatic rings. The number of nitrogens with zero attached hydrogens (tertiary/aromatic N) is 2. The number of esters is 1. The average Bonchev–Trinajstić information content (AvgIpc) is 2.92. The zero-order valence-electron chi connectivity index (χ0n) is 14.3. The van der Waals surface area contributed by atoms with Gasteiger partial charge in [-0.15, -0.1) is 0 Å². The minimum Gasteiger partial charge on any atom is -0.453 e. The molecule has 24 heavy (non-hydrogen) atoms. The Morgan fingerprint density at radius 2 is 2.08 bits per heavy atom. The summed E-state index contributed by atoms with van der Waals surface area (Å²) in [6.07, 6.45) is -0.483. The van der Waals surface area contributed by atoms with E-state index in [2.05, 4.69) is 10.4 Å². The van der Waals surface area contributed by atoms with E-state index in [9.17, 15) is 18.0 Å². The van der Waals surface area contributed by atoms with Crippen molar-refractivity contribution < 1.29 is 22.7 Å². The minimum atomic E-state index is -3.03. The first kappa shape index (κ1) is 18.4. The summed E-state index contributed by atoms with van der Waals surface area (Å²) in [5.74, 6) is -1.10. The molecule has 2 atom stereocenters. The lowest BCUT2D eigenvalue weighted by atomic mass is 10.1. The molecule has 0 aliphatic carbocycles. The molecule has 1 fully saturated rings. The fourth-order valence-corrected chi connectivity index (χ4v) is 4.61. The number of aryl methyl sites for hydroxylation is 2. The lowest BCUT2D eigenvalue weighted by Crippen LogP contribution is -2.31. The third-order valence-electron chi connectivity index (χ3n) is 4.22. The Hall–Kier alpha value is -1.90. The minimum absolute atomic E-state index is 0.0107. The summed E-state index contributed by atoms with van der Waals surface area (Å²) in [4.78, 5) is 24.1. The van der Waals surface area contributed by atoms with Crippen LogP contribution in [0, 0.1) is 19.8 Å². The summed E-state index contributed by atoms with van der Waals surface area (Å²) in [6, 6.07) is 0. The van der Waals surface area contributed by atoms with E-state index in [4.69, 9.17) is 4.74 Å². The van der Waals surface area contributed by atoms with Crippen LogP contribution in [-0.4, -0.2) is 47.7 Å². The molecule has 0 unspecified atom stereocenters. The van der Waals surface area contributed by atoms with Crippen molar-refractivity contribution in [3.63, 3.8) is 0 Å². The zero-order valence-corrected chi connectivity index (χ0v) is 15.1. The van der Waals surface area contributed by atoms with E-state index in [0.717, 1.165) is 5.69 Å². The molecule has 1 saturated heterocycles. The van der Waals surface area contributed by atoms with Gasteiger partial charge in [-0.3, -0.25) is 14.3 Å². The molecule has 1 aromatic heterocycles. The smallest absolute Gasteiger partial charge is 0.306 e. The fraction of sp³-hybridized carbons (Fsp3) is 0.667. The maximum Gasteiger partial charge on any atom is 0.306 e. The number of amides is 1. The molecule has 8 nitrogen and oxygen atoms in total. The van der Waals surface area contributed by atoms with Crippen LogP contribution in [0.15, 0.2) is 0 Å². The van der Waals surface area contributed by atoms with E-state index >= 15 is 0 Å². The van der Waals surface area contributed by atoms with Gasteiger partial charge in [-0.2, -0.15) is 5.10 Å². The highest BCUT2D eigenvalue weighted by Gasteiger charge is 2.31. The molecule has 1 amide bonds. The highest BCUT2D eigenvalue weighted by Crippen LogP contribution is 2.22. The van der Waals surface area contributed by atoms with E-state index in [0.29, 0.717) is 17.8 Å². The summed E-state index contributed by atoms with van der Waals surface area (Å²) in [5, 5.41) is 6.92. The predicted octanol–water partition coefficient (Wildman–Crippen LogP) is 0.732. The summed E-state index contributed by atoms with van der Waals surface area (Å²) in [6.45, 7) is 5.09. The van der Waals surface area contributed by atoms with Crippen molar-refractivity contribution in [2.45, 2.75) is 39.7 Å². The second kappa shape index (κ2) is 6.92. The summed E-state index contributed by atoms with van der Waals surface area (Å²) < 4.78 is 29.6. The van der Waals surface area contributed by atoms with Crippen LogP contribution in [0.1, 0.15) is 31.2 Å². The molecule has 134 valence electrons. The molecule has 1 N–H and O–H groups in total. The third kappa shape index (κ3) is 4.34. The molecule has 0 aromatic carbocycles. The highest BCUT2D eigenvalue weighted by molar-refractivity contribution is 7.91. The second-order valence-electron chi connectivity index (χ2n) is 6.26. The van der Waals surface area contributed by atoms with E-state index in [1.165, 1.54) is 6.92 Å². The summed E-state index contributed by atoms with van der Waals surface area (Å²) in [7, 11) is -1.26. The number of nitrogens with one attached hydrogen (secondary N) is 1. The van der Waals surface area contributed by atoms with Gasteiger partial charge in [0.1, 0.15) is 0 Å². The van der Waals surface area contributed by atoms with Crippen LogP contribution in [0.2, 0.25) is 0 Å². The van der Waals surface area contributed by atoms with E-state index < -0.39 is 27.8 Å². The first-order chi connectivity index (χ1) is 11.1. The Labute approximate surface area is 141 Å². The second-order valence-corrected chi connectivity index (χ2v) is 8.49. The van der Waals surface area contributed by atoms with Crippen LogP contribution in [-0.2, 0) is 31.2 Å². The predicted molar refractivity (Wildman–Crippen MR) is 88.2 cm³/mol. The molecule has 9 heteroatoms. The molecular formula is C15H23N3O5S. The van der Waals surface area contributed by atoms with Gasteiger partial charge < -0.3 is 10.1 Å². The van der Waals surface area contributed by atoms with Gasteiger partial charge in [0.15, 0.2) is 15.9 Å². The third-order valence-corrected chi connectivity index (χ3v) is 6.05. The normalized spacial score (nSPS) is 20.6. The van der Waals surface area contributed by atoms with Crippen LogP contribution in [0.3, 0.4) is 0 Å². The van der Waals surface area contributed by atoms with Crippen molar-refractivity contribution in [2.75, 3.05) is 16.8 Å². The van der Waals surface area contributed by atoms with E-state index in [-0.39, 0.29) is 23.8 Å². The molecular weight excluding hydrogens is 334 g/mol. The first-order valence-corrected chi connectivity index (χ1v) is 9.62. The van der Waals surface area contributed by atoms with Crippen LogP contribution in [0.4, 0.5) is 5.69 Å². The van der Waals surface area contributed by atoms with Gasteiger partial charge in [0, 0.05) is 13.5 Å². The Balaban J connectivity index is 1.88. The number of rotatable bonds is 5. The number of ether oxygens (including phenoxy) is 1. The maximum atomic E-state index is 12.2. The Kier molecular flexibility index (Phi) is 5.32. The standard InChI is InChI=1S/C15H23N3O5S/c1-9-14(10(2)18(4)17-9)16-15(20)11(3)23-13(19)7-12-5-6-24(21,22)8-12/h11-12H,5-8H2,1-4H3,(H,16,20)/t11-,12-/m1/s1. The first-order valence-electron chi connectivity index (χ1n) is 7.80. The average molecular weight is 357 g/mol. The molecule has 0 radical (unpaired) electrons. The van der Waals surface area contributed by atoms with Crippen molar-refractivity contribution in [2.24, 2.45) is 13.0 Å². The van der Waals surface area contributed by atoms with Gasteiger partial charge in [-0.05, 0) is 33.1 Å². The van der Waals surface area contributed by atoms with Crippen molar-refractivity contribution in [1.82, 2.24) is 9.78 Å². The SMILES string of the molecule is Cc1nn(C)c(C)c1NC(=O)[C@@H](C)OC(=O)C[C@H]1CCS(=O)(=O)C1. The molecule has 1 aromatic rings. The van der Waals surface area contributed by atoms with Gasteiger partial charge in [0.2, 0.25) is 0 Å². The van der Waals surface area contributed by atoms with E-state index in [1.807, 2.05) is 6.92 Å². The molecule has 2 rings (SSSR count). The van der Waals surface area contributed by atoms with Crippen molar-refractivity contribution in [3.05, 3.63) is 11.4 Å². The molecule has 1 aliphatic heterocycles. The van der Waals surface area contributed by atoms with Crippen molar-refractivity contribution >= 4 is 27.4 Å². The van der Waals surface area contributed by atoms with Crippen molar-refractivity contribution in [3.8, 4) is 0 Å². The monoisotopic (exact) mass is 357 g/mol. The molecule has 2 heterocycles. The molecule has 0 spiro atoms. The number of carbonyl (C=O) groups excluding carboxylic acids is 2. The largest absolute Gasteiger partial charge is 0.453 e. The number of anilines is 1. The maximum absolute atomic E-state index is 12.2. The number of sulfone groups is 1. The number of hydrogen-bond acceptors (Lipinski definition) is 6. The lowest BCUT2D eigenvalue weighted by Gasteiger charge is -2.15. The zero-order chi connectivity index (χ0) is 18.1. The van der Waals surface area contributed by atoms with Crippen LogP contribution in [0.5, 0.6) is 0 Å². The number of aromatic nitrogens is 2. The van der Waals surface area contributed by atoms with Gasteiger partial charge in [0.05, 0.1) is 28.6 Å². The summed E-state index contributed by atoms with van der Waals surface area (Å²) in [5.41, 5.74) is 2.08. The van der Waals surface area contributed by atoms with Crippen LogP contribution < -0.4 is 5.32 Å². The fourth-order valence-electron chi connectivity index (χ4n) is 2.75. The van der Waals surface area contributed by atoms with Gasteiger partial charge in [-0.25, -0.2) is 8.42 Å². The highest BCUT2D eigenvalue weighted by atomic mass is 32.2. The topological polar surface area (TPSA) is 107 Å². The molecule has 0 saturated carbocycles. The van der Waals surface area contributed by atoms with Gasteiger partial charge in [-0.1, -0.05) is 0 Å². The lowest BCUT2D eigenvalue weighted by molar-refractivity contribution is -0.153. The Bertz CT molecular complexity index is 753.